The summed E-state index contributed by atoms with van der Waals surface area (Å²) < 4.78 is 0. The molecule has 18 heteroatoms. The van der Waals surface area contributed by atoms with Gasteiger partial charge in [0.15, 0.2) is 5.78 Å². The minimum Gasteiger partial charge on any atom is -0.352 e. The minimum atomic E-state index is -0.0459. The predicted octanol–water partition coefficient (Wildman–Crippen LogP) is 21.9. The van der Waals surface area contributed by atoms with Crippen molar-refractivity contribution < 1.29 is 9.59 Å². The van der Waals surface area contributed by atoms with E-state index in [4.69, 9.17) is 0 Å². The maximum atomic E-state index is 12.0. The molecular formula is C100H126N16O2. The van der Waals surface area contributed by atoms with Crippen LogP contribution in [0, 0.1) is 0 Å². The highest BCUT2D eigenvalue weighted by Crippen LogP contribution is 2.35. The first kappa shape index (κ1) is 90.4. The SMILES string of the molecule is C=C(c1ccccc1)c1ccc(-c2[nH]ncc2CN(C)CCCC)cc1.CCCCN(C)Cc1cn[nH]c1-c1ccc(-c2ccccc2)cc1.CCCCN(C)Cc1cn[nH]c1-c1cccc(C(=O)NCC)c1.CCCCN(C)Cc1cn[nH]c1-c1cccc(C(C)=O)c1.CCCCN(C)Cc1cn[nH]c1-c1ccccc1-c1ccccc1. The van der Waals surface area contributed by atoms with Crippen LogP contribution < -0.4 is 5.32 Å². The Bertz CT molecular complexity index is 5040. The van der Waals surface area contributed by atoms with Crippen LogP contribution in [0.25, 0.3) is 84.1 Å². The maximum absolute atomic E-state index is 12.0. The number of amides is 1. The molecule has 5 aromatic heterocycles. The molecule has 0 bridgehead atoms. The Hall–Kier alpha value is -11.5. The van der Waals surface area contributed by atoms with E-state index in [0.29, 0.717) is 12.1 Å². The first-order chi connectivity index (χ1) is 57.5. The van der Waals surface area contributed by atoms with Gasteiger partial charge in [-0.1, -0.05) is 267 Å². The third kappa shape index (κ3) is 27.8. The van der Waals surface area contributed by atoms with Gasteiger partial charge in [0.25, 0.3) is 5.91 Å². The summed E-state index contributed by atoms with van der Waals surface area (Å²) in [6, 6.07) is 72.4. The van der Waals surface area contributed by atoms with Gasteiger partial charge in [-0.25, -0.2) is 0 Å². The summed E-state index contributed by atoms with van der Waals surface area (Å²) >= 11 is 0. The highest BCUT2D eigenvalue weighted by Gasteiger charge is 2.19. The molecule has 0 aliphatic carbocycles. The van der Waals surface area contributed by atoms with Crippen LogP contribution in [0.15, 0.2) is 250 Å². The molecule has 618 valence electrons. The molecule has 0 unspecified atom stereocenters. The molecule has 0 saturated carbocycles. The summed E-state index contributed by atoms with van der Waals surface area (Å²) in [7, 11) is 10.8. The fourth-order valence-electron chi connectivity index (χ4n) is 14.0. The zero-order valence-electron chi connectivity index (χ0n) is 71.9. The molecule has 0 aliphatic rings. The normalized spacial score (nSPS) is 11.1. The van der Waals surface area contributed by atoms with E-state index in [0.717, 1.165) is 144 Å². The van der Waals surface area contributed by atoms with Gasteiger partial charge >= 0.3 is 0 Å². The largest absolute Gasteiger partial charge is 0.352 e. The van der Waals surface area contributed by atoms with E-state index in [1.807, 2.05) is 111 Å². The topological polar surface area (TPSA) is 206 Å². The van der Waals surface area contributed by atoms with Crippen LogP contribution >= 0.6 is 0 Å². The molecule has 118 heavy (non-hydrogen) atoms. The summed E-state index contributed by atoms with van der Waals surface area (Å²) in [5.74, 6) is 0.0356. The van der Waals surface area contributed by atoms with Crippen molar-refractivity contribution in [1.29, 1.82) is 0 Å². The van der Waals surface area contributed by atoms with Crippen LogP contribution in [0.4, 0.5) is 0 Å². The number of benzene rings is 8. The van der Waals surface area contributed by atoms with Crippen molar-refractivity contribution in [3.8, 4) is 78.5 Å². The molecule has 18 nitrogen and oxygen atoms in total. The van der Waals surface area contributed by atoms with Crippen LogP contribution in [-0.4, -0.2) is 162 Å². The Balaban J connectivity index is 0.000000168. The van der Waals surface area contributed by atoms with Crippen molar-refractivity contribution in [2.24, 2.45) is 0 Å². The average molecular weight is 1580 g/mol. The molecule has 0 aliphatic heterocycles. The van der Waals surface area contributed by atoms with Crippen molar-refractivity contribution in [3.63, 3.8) is 0 Å². The van der Waals surface area contributed by atoms with Crippen LogP contribution in [0.1, 0.15) is 172 Å². The van der Waals surface area contributed by atoms with Gasteiger partial charge in [0, 0.05) is 94.9 Å². The molecule has 6 N–H and O–H groups in total. The maximum Gasteiger partial charge on any atom is 0.251 e. The lowest BCUT2D eigenvalue weighted by molar-refractivity contribution is 0.0954. The van der Waals surface area contributed by atoms with Gasteiger partial charge in [0.1, 0.15) is 0 Å². The number of ketones is 1. The number of aromatic amines is 5. The lowest BCUT2D eigenvalue weighted by Crippen LogP contribution is -2.22. The third-order valence-electron chi connectivity index (χ3n) is 20.8. The van der Waals surface area contributed by atoms with Gasteiger partial charge in [-0.2, -0.15) is 25.5 Å². The van der Waals surface area contributed by atoms with E-state index in [1.54, 1.807) is 6.92 Å². The van der Waals surface area contributed by atoms with Crippen molar-refractivity contribution in [2.45, 2.75) is 145 Å². The molecule has 0 saturated heterocycles. The number of aromatic nitrogens is 10. The van der Waals surface area contributed by atoms with Crippen LogP contribution in [0.3, 0.4) is 0 Å². The average Bonchev–Trinajstić information content (AvgIpc) is 1.54. The Kier molecular flexibility index (Phi) is 37.5. The number of hydrogen-bond donors (Lipinski definition) is 6. The van der Waals surface area contributed by atoms with Gasteiger partial charge in [-0.3, -0.25) is 35.1 Å². The molecule has 0 atom stereocenters. The van der Waals surface area contributed by atoms with Crippen LogP contribution in [0.5, 0.6) is 0 Å². The molecule has 5 heterocycles. The second kappa shape index (κ2) is 48.9. The van der Waals surface area contributed by atoms with Crippen molar-refractivity contribution in [1.82, 2.24) is 80.8 Å². The highest BCUT2D eigenvalue weighted by atomic mass is 16.1. The Labute approximate surface area is 702 Å². The van der Waals surface area contributed by atoms with Gasteiger partial charge < -0.3 is 29.8 Å². The number of carbonyl (C=O) groups is 2. The molecular weight excluding hydrogens is 1460 g/mol. The predicted molar refractivity (Wildman–Crippen MR) is 490 cm³/mol. The summed E-state index contributed by atoms with van der Waals surface area (Å²) in [6.45, 7) is 29.4. The van der Waals surface area contributed by atoms with E-state index in [2.05, 4.69) is 297 Å². The number of rotatable bonds is 37. The number of nitrogens with one attached hydrogen (secondary N) is 6. The second-order valence-electron chi connectivity index (χ2n) is 30.7. The van der Waals surface area contributed by atoms with E-state index >= 15 is 0 Å². The fraction of sp³-hybridized carbons (Fsp3) is 0.330. The summed E-state index contributed by atoms with van der Waals surface area (Å²) in [5, 5.41) is 39.7. The van der Waals surface area contributed by atoms with E-state index < -0.39 is 0 Å². The first-order valence-corrected chi connectivity index (χ1v) is 42.2. The lowest BCUT2D eigenvalue weighted by atomic mass is 9.96. The Morgan fingerprint density at radius 2 is 0.602 bits per heavy atom. The monoisotopic (exact) mass is 1580 g/mol. The van der Waals surface area contributed by atoms with Gasteiger partial charge in [-0.05, 0) is 182 Å². The summed E-state index contributed by atoms with van der Waals surface area (Å²) in [4.78, 5) is 35.2. The van der Waals surface area contributed by atoms with Crippen molar-refractivity contribution in [2.75, 3.05) is 74.5 Å². The zero-order valence-corrected chi connectivity index (χ0v) is 71.9. The van der Waals surface area contributed by atoms with Gasteiger partial charge in [0.2, 0.25) is 0 Å². The van der Waals surface area contributed by atoms with Gasteiger partial charge in [-0.15, -0.1) is 0 Å². The Morgan fingerprint density at radius 3 is 0.992 bits per heavy atom. The summed E-state index contributed by atoms with van der Waals surface area (Å²) in [5.41, 5.74) is 26.6. The molecule has 0 radical (unpaired) electrons. The van der Waals surface area contributed by atoms with Crippen molar-refractivity contribution in [3.05, 3.63) is 300 Å². The van der Waals surface area contributed by atoms with E-state index in [9.17, 15) is 9.59 Å². The fourth-order valence-corrected chi connectivity index (χ4v) is 14.0. The quantitative estimate of drug-likeness (QED) is 0.0201. The van der Waals surface area contributed by atoms with Crippen LogP contribution in [0.2, 0.25) is 0 Å². The molecule has 1 amide bonds. The molecule has 0 spiro atoms. The zero-order chi connectivity index (χ0) is 83.8. The standard InChI is InChI=1S/C23H27N3.2C21H25N3.C18H26N4O.C17H23N3O/c1-4-5-15-26(3)17-22-16-24-25-23(22)21-13-11-20(12-14-21)18(2)19-9-7-6-8-10-19;1-3-4-14-24(2)16-18-15-22-23-21(18)20-13-9-8-12-19(20)17-10-6-5-7-11-17;1-3-4-14-24(2)16-20-15-22-23-21(20)19-12-10-18(11-13-19)17-8-6-5-7-9-17;1-4-6-10-22(3)13-16-12-20-21-17(16)14-8-7-9-15(11-14)18(23)19-5-2;1-4-5-9-20(3)12-16-11-18-19-17(16)15-8-6-7-14(10-15)13(2)21/h6-14,16H,2,4-5,15,17H2,1,3H3,(H,24,25);2*5-13,15H,3-4,14,16H2,1-2H3,(H,22,23);7-9,11-12H,4-6,10,13H2,1-3H3,(H,19,23)(H,20,21);6-8,10-11H,4-5,9,12H2,1-3H3,(H,18,19). The molecule has 13 aromatic rings. The number of nitrogens with zero attached hydrogens (tertiary/aromatic N) is 10. The smallest absolute Gasteiger partial charge is 0.251 e. The number of carbonyl (C=O) groups excluding carboxylic acids is 2. The highest BCUT2D eigenvalue weighted by molar-refractivity contribution is 5.96. The van der Waals surface area contributed by atoms with Crippen LogP contribution in [-0.2, 0) is 32.7 Å². The van der Waals surface area contributed by atoms with E-state index in [-0.39, 0.29) is 11.7 Å². The van der Waals surface area contributed by atoms with E-state index in [1.165, 1.54) is 114 Å². The Morgan fingerprint density at radius 1 is 0.314 bits per heavy atom. The first-order valence-electron chi connectivity index (χ1n) is 42.2. The number of H-pyrrole nitrogens is 5. The number of Topliss-reactive ketones (excluding diaryl/α,β-unsaturated/α-hetero) is 1. The molecule has 13 rings (SSSR count). The number of unbranched alkanes of at least 4 members (excludes halogenated alkanes) is 5. The summed E-state index contributed by atoms with van der Waals surface area (Å²) in [6.07, 6.45) is 21.7. The van der Waals surface area contributed by atoms with Crippen molar-refractivity contribution >= 4 is 17.3 Å². The lowest BCUT2D eigenvalue weighted by Gasteiger charge is -2.17. The second-order valence-corrected chi connectivity index (χ2v) is 30.7. The molecule has 8 aromatic carbocycles. The molecule has 0 fully saturated rings. The minimum absolute atomic E-state index is 0.0459. The number of hydrogen-bond acceptors (Lipinski definition) is 12. The van der Waals surface area contributed by atoms with Gasteiger partial charge in [0.05, 0.1) is 59.5 Å². The third-order valence-corrected chi connectivity index (χ3v) is 20.8.